The van der Waals surface area contributed by atoms with Crippen molar-refractivity contribution in [3.05, 3.63) is 67.9 Å². The van der Waals surface area contributed by atoms with Gasteiger partial charge in [-0.2, -0.15) is 0 Å². The Morgan fingerprint density at radius 1 is 1.30 bits per heavy atom. The van der Waals surface area contributed by atoms with Crippen molar-refractivity contribution in [3.8, 4) is 0 Å². The van der Waals surface area contributed by atoms with Gasteiger partial charge in [0.25, 0.3) is 17.4 Å². The summed E-state index contributed by atoms with van der Waals surface area (Å²) in [4.78, 5) is 44.6. The SMILES string of the molecule is Cc1ccn2c(=O)c(C(=O)N3CCC[C@@H]3c3ccc(C(N)=O)s3)cnc2c1. The quantitative estimate of drug-likeness (QED) is 0.750. The number of rotatable bonds is 3. The summed E-state index contributed by atoms with van der Waals surface area (Å²) in [5.41, 5.74) is 6.51. The first kappa shape index (κ1) is 17.4. The third kappa shape index (κ3) is 3.02. The number of amides is 2. The minimum absolute atomic E-state index is 0.0509. The average Bonchev–Trinajstić information content (AvgIpc) is 3.30. The summed E-state index contributed by atoms with van der Waals surface area (Å²) in [6, 6.07) is 6.95. The first-order valence-corrected chi connectivity index (χ1v) is 9.46. The van der Waals surface area contributed by atoms with Crippen molar-refractivity contribution in [1.29, 1.82) is 0 Å². The highest BCUT2D eigenvalue weighted by molar-refractivity contribution is 7.14. The largest absolute Gasteiger partial charge is 0.365 e. The molecule has 0 saturated carbocycles. The van der Waals surface area contributed by atoms with Gasteiger partial charge < -0.3 is 10.6 Å². The minimum Gasteiger partial charge on any atom is -0.365 e. The van der Waals surface area contributed by atoms with Crippen LogP contribution in [-0.4, -0.2) is 32.6 Å². The number of nitrogens with two attached hydrogens (primary N) is 1. The molecule has 7 nitrogen and oxygen atoms in total. The summed E-state index contributed by atoms with van der Waals surface area (Å²) < 4.78 is 1.39. The van der Waals surface area contributed by atoms with Crippen LogP contribution in [0, 0.1) is 6.92 Å². The van der Waals surface area contributed by atoms with E-state index in [2.05, 4.69) is 4.98 Å². The molecule has 0 bridgehead atoms. The van der Waals surface area contributed by atoms with Crippen molar-refractivity contribution in [2.24, 2.45) is 5.73 Å². The number of hydrogen-bond acceptors (Lipinski definition) is 5. The van der Waals surface area contributed by atoms with Gasteiger partial charge in [0.2, 0.25) is 0 Å². The summed E-state index contributed by atoms with van der Waals surface area (Å²) in [7, 11) is 0. The lowest BCUT2D eigenvalue weighted by Crippen LogP contribution is -2.35. The Kier molecular flexibility index (Phi) is 4.27. The smallest absolute Gasteiger partial charge is 0.270 e. The number of pyridine rings is 1. The summed E-state index contributed by atoms with van der Waals surface area (Å²) in [5, 5.41) is 0. The molecule has 1 fully saturated rings. The van der Waals surface area contributed by atoms with Crippen molar-refractivity contribution in [3.63, 3.8) is 0 Å². The van der Waals surface area contributed by atoms with Gasteiger partial charge in [0.1, 0.15) is 11.2 Å². The molecule has 0 radical (unpaired) electrons. The number of primary amides is 1. The molecule has 1 aliphatic heterocycles. The summed E-state index contributed by atoms with van der Waals surface area (Å²) >= 11 is 1.30. The lowest BCUT2D eigenvalue weighted by atomic mass is 10.1. The van der Waals surface area contributed by atoms with E-state index in [4.69, 9.17) is 5.73 Å². The third-order valence-corrected chi connectivity index (χ3v) is 6.01. The molecule has 138 valence electrons. The second-order valence-electron chi connectivity index (χ2n) is 6.63. The molecule has 3 aromatic rings. The van der Waals surface area contributed by atoms with Gasteiger partial charge in [0, 0.05) is 23.8 Å². The van der Waals surface area contributed by atoms with Gasteiger partial charge in [-0.1, -0.05) is 0 Å². The van der Waals surface area contributed by atoms with Crippen molar-refractivity contribution in [1.82, 2.24) is 14.3 Å². The molecule has 0 spiro atoms. The monoisotopic (exact) mass is 382 g/mol. The molecular formula is C19H18N4O3S. The summed E-state index contributed by atoms with van der Waals surface area (Å²) in [6.45, 7) is 2.48. The molecule has 3 aromatic heterocycles. The second-order valence-corrected chi connectivity index (χ2v) is 7.75. The fourth-order valence-electron chi connectivity index (χ4n) is 3.45. The predicted octanol–water partition coefficient (Wildman–Crippen LogP) is 2.14. The lowest BCUT2D eigenvalue weighted by Gasteiger charge is -2.23. The Balaban J connectivity index is 1.70. The highest BCUT2D eigenvalue weighted by Gasteiger charge is 2.33. The summed E-state index contributed by atoms with van der Waals surface area (Å²) in [5.74, 6) is -0.812. The van der Waals surface area contributed by atoms with E-state index in [1.54, 1.807) is 29.3 Å². The van der Waals surface area contributed by atoms with Crippen molar-refractivity contribution < 1.29 is 9.59 Å². The maximum absolute atomic E-state index is 13.1. The standard InChI is InChI=1S/C19H18N4O3S/c1-11-6-8-23-16(9-11)21-10-12(19(23)26)18(25)22-7-2-3-13(22)14-4-5-15(27-14)17(20)24/h4-6,8-10,13H,2-3,7H2,1H3,(H2,20,24)/t13-/m1/s1. The van der Waals surface area contributed by atoms with Crippen LogP contribution in [0.4, 0.5) is 0 Å². The Bertz CT molecular complexity index is 1120. The molecule has 2 N–H and O–H groups in total. The number of fused-ring (bicyclic) bond motifs is 1. The minimum atomic E-state index is -0.477. The van der Waals surface area contributed by atoms with Crippen LogP contribution >= 0.6 is 11.3 Å². The van der Waals surface area contributed by atoms with Crippen LogP contribution in [0.3, 0.4) is 0 Å². The van der Waals surface area contributed by atoms with Crippen molar-refractivity contribution in [2.75, 3.05) is 6.54 Å². The van der Waals surface area contributed by atoms with Gasteiger partial charge in [-0.3, -0.25) is 18.8 Å². The molecule has 0 unspecified atom stereocenters. The van der Waals surface area contributed by atoms with Crippen LogP contribution in [0.5, 0.6) is 0 Å². The van der Waals surface area contributed by atoms with E-state index < -0.39 is 5.91 Å². The molecule has 1 atom stereocenters. The van der Waals surface area contributed by atoms with E-state index in [1.165, 1.54) is 21.9 Å². The lowest BCUT2D eigenvalue weighted by molar-refractivity contribution is 0.0735. The number of nitrogens with zero attached hydrogens (tertiary/aromatic N) is 3. The first-order chi connectivity index (χ1) is 13.0. The van der Waals surface area contributed by atoms with Gasteiger partial charge in [-0.25, -0.2) is 4.98 Å². The number of aromatic nitrogens is 2. The predicted molar refractivity (Wildman–Crippen MR) is 102 cm³/mol. The van der Waals surface area contributed by atoms with E-state index in [9.17, 15) is 14.4 Å². The number of likely N-dealkylation sites (tertiary alicyclic amines) is 1. The highest BCUT2D eigenvalue weighted by Crippen LogP contribution is 2.36. The van der Waals surface area contributed by atoms with Gasteiger partial charge in [-0.15, -0.1) is 11.3 Å². The van der Waals surface area contributed by atoms with E-state index in [1.807, 2.05) is 13.0 Å². The van der Waals surface area contributed by atoms with Crippen LogP contribution in [-0.2, 0) is 0 Å². The van der Waals surface area contributed by atoms with E-state index >= 15 is 0 Å². The maximum atomic E-state index is 13.1. The molecule has 4 rings (SSSR count). The van der Waals surface area contributed by atoms with Crippen LogP contribution in [0.1, 0.15) is 49.4 Å². The average molecular weight is 382 g/mol. The molecule has 1 saturated heterocycles. The van der Waals surface area contributed by atoms with Crippen LogP contribution in [0.25, 0.3) is 5.65 Å². The third-order valence-electron chi connectivity index (χ3n) is 4.81. The van der Waals surface area contributed by atoms with E-state index in [0.29, 0.717) is 17.1 Å². The Morgan fingerprint density at radius 2 is 2.11 bits per heavy atom. The van der Waals surface area contributed by atoms with E-state index in [0.717, 1.165) is 23.3 Å². The first-order valence-electron chi connectivity index (χ1n) is 8.64. The zero-order chi connectivity index (χ0) is 19.1. The Morgan fingerprint density at radius 3 is 2.85 bits per heavy atom. The zero-order valence-corrected chi connectivity index (χ0v) is 15.5. The number of carbonyl (C=O) groups is 2. The Hall–Kier alpha value is -3.00. The van der Waals surface area contributed by atoms with Crippen LogP contribution in [0.2, 0.25) is 0 Å². The molecule has 4 heterocycles. The molecule has 27 heavy (non-hydrogen) atoms. The highest BCUT2D eigenvalue weighted by atomic mass is 32.1. The van der Waals surface area contributed by atoms with Gasteiger partial charge in [0.05, 0.1) is 10.9 Å². The van der Waals surface area contributed by atoms with Crippen molar-refractivity contribution in [2.45, 2.75) is 25.8 Å². The van der Waals surface area contributed by atoms with Gasteiger partial charge in [-0.05, 0) is 49.6 Å². The topological polar surface area (TPSA) is 97.8 Å². The number of aryl methyl sites for hydroxylation is 1. The molecule has 0 aliphatic carbocycles. The molecule has 1 aliphatic rings. The fraction of sp³-hybridized carbons (Fsp3) is 0.263. The molecule has 2 amide bonds. The van der Waals surface area contributed by atoms with Gasteiger partial charge >= 0.3 is 0 Å². The number of carbonyl (C=O) groups excluding carboxylic acids is 2. The van der Waals surface area contributed by atoms with Crippen LogP contribution < -0.4 is 11.3 Å². The number of thiophene rings is 1. The van der Waals surface area contributed by atoms with Gasteiger partial charge in [0.15, 0.2) is 0 Å². The number of hydrogen-bond donors (Lipinski definition) is 1. The zero-order valence-electron chi connectivity index (χ0n) is 14.7. The second kappa shape index (κ2) is 6.62. The molecule has 8 heteroatoms. The van der Waals surface area contributed by atoms with Crippen LogP contribution in [0.15, 0.2) is 41.5 Å². The van der Waals surface area contributed by atoms with E-state index in [-0.39, 0.29) is 23.1 Å². The summed E-state index contributed by atoms with van der Waals surface area (Å²) in [6.07, 6.45) is 4.61. The Labute approximate surface area is 159 Å². The van der Waals surface area contributed by atoms with Crippen molar-refractivity contribution >= 4 is 28.8 Å². The maximum Gasteiger partial charge on any atom is 0.270 e. The fourth-order valence-corrected chi connectivity index (χ4v) is 4.46. The molecular weight excluding hydrogens is 364 g/mol. The molecule has 0 aromatic carbocycles. The normalized spacial score (nSPS) is 16.8.